The van der Waals surface area contributed by atoms with Crippen molar-refractivity contribution in [3.8, 4) is 0 Å². The molecule has 1 heterocycles. The second-order valence-corrected chi connectivity index (χ2v) is 12.5. The van der Waals surface area contributed by atoms with Gasteiger partial charge < -0.3 is 20.6 Å². The molecule has 3 amide bonds. The molecular weight excluding hydrogens is 541 g/mol. The Morgan fingerprint density at radius 1 is 1.02 bits per heavy atom. The van der Waals surface area contributed by atoms with E-state index in [1.807, 2.05) is 75.4 Å². The number of rotatable bonds is 9. The molecule has 3 unspecified atom stereocenters. The lowest BCUT2D eigenvalue weighted by atomic mass is 9.96. The van der Waals surface area contributed by atoms with Crippen LogP contribution in [0.3, 0.4) is 0 Å². The Hall–Kier alpha value is -3.69. The number of hydrogen-bond acceptors (Lipinski definition) is 5. The van der Waals surface area contributed by atoms with E-state index in [-0.39, 0.29) is 23.8 Å². The van der Waals surface area contributed by atoms with E-state index in [1.54, 1.807) is 6.92 Å². The van der Waals surface area contributed by atoms with E-state index in [0.29, 0.717) is 12.1 Å². The minimum Gasteiger partial charge on any atom is -0.381 e. The first-order chi connectivity index (χ1) is 19.5. The van der Waals surface area contributed by atoms with Gasteiger partial charge in [0.2, 0.25) is 5.91 Å². The SMILES string of the molecule is Cc1ccccc1CNC(=O)C1N(C(=O)C(O)C(Cc2ccccc2)NC(=O)c2ccc(F)cc2C)CSC1(C)C. The van der Waals surface area contributed by atoms with Crippen LogP contribution in [-0.4, -0.2) is 56.5 Å². The van der Waals surface area contributed by atoms with Crippen molar-refractivity contribution in [2.45, 2.75) is 63.6 Å². The van der Waals surface area contributed by atoms with Gasteiger partial charge >= 0.3 is 0 Å². The van der Waals surface area contributed by atoms with E-state index in [4.69, 9.17) is 0 Å². The van der Waals surface area contributed by atoms with Gasteiger partial charge in [0.05, 0.1) is 11.9 Å². The average molecular weight is 578 g/mol. The van der Waals surface area contributed by atoms with Crippen molar-refractivity contribution in [2.75, 3.05) is 5.88 Å². The summed E-state index contributed by atoms with van der Waals surface area (Å²) in [5.41, 5.74) is 3.51. The van der Waals surface area contributed by atoms with Crippen LogP contribution in [0.2, 0.25) is 0 Å². The molecule has 0 aromatic heterocycles. The summed E-state index contributed by atoms with van der Waals surface area (Å²) in [6.07, 6.45) is -1.45. The van der Waals surface area contributed by atoms with Gasteiger partial charge in [-0.15, -0.1) is 11.8 Å². The molecule has 0 bridgehead atoms. The number of aryl methyl sites for hydroxylation is 2. The molecule has 0 spiro atoms. The van der Waals surface area contributed by atoms with Crippen molar-refractivity contribution >= 4 is 29.5 Å². The normalized spacial score (nSPS) is 17.5. The third kappa shape index (κ3) is 7.15. The highest BCUT2D eigenvalue weighted by Gasteiger charge is 2.49. The minimum absolute atomic E-state index is 0.175. The summed E-state index contributed by atoms with van der Waals surface area (Å²) < 4.78 is 13.0. The summed E-state index contributed by atoms with van der Waals surface area (Å²) >= 11 is 1.45. The van der Waals surface area contributed by atoms with E-state index in [1.165, 1.54) is 34.9 Å². The van der Waals surface area contributed by atoms with Gasteiger partial charge in [0, 0.05) is 16.9 Å². The number of thioether (sulfide) groups is 1. The van der Waals surface area contributed by atoms with Crippen molar-refractivity contribution in [3.05, 3.63) is 106 Å². The van der Waals surface area contributed by atoms with Crippen LogP contribution in [0.15, 0.2) is 72.8 Å². The van der Waals surface area contributed by atoms with Crippen molar-refractivity contribution < 1.29 is 23.9 Å². The molecule has 0 radical (unpaired) electrons. The Kier molecular flexibility index (Phi) is 9.50. The van der Waals surface area contributed by atoms with E-state index < -0.39 is 40.6 Å². The summed E-state index contributed by atoms with van der Waals surface area (Å²) in [7, 11) is 0. The molecule has 7 nitrogen and oxygen atoms in total. The molecule has 1 aliphatic rings. The molecule has 9 heteroatoms. The van der Waals surface area contributed by atoms with Gasteiger partial charge in [-0.05, 0) is 74.6 Å². The molecule has 1 fully saturated rings. The maximum atomic E-state index is 13.8. The molecule has 4 rings (SSSR count). The van der Waals surface area contributed by atoms with Crippen molar-refractivity contribution in [1.82, 2.24) is 15.5 Å². The van der Waals surface area contributed by atoms with Gasteiger partial charge in [-0.3, -0.25) is 14.4 Å². The highest BCUT2D eigenvalue weighted by atomic mass is 32.2. The van der Waals surface area contributed by atoms with Gasteiger partial charge in [-0.2, -0.15) is 0 Å². The zero-order chi connectivity index (χ0) is 29.7. The van der Waals surface area contributed by atoms with E-state index in [0.717, 1.165) is 16.7 Å². The topological polar surface area (TPSA) is 98.7 Å². The minimum atomic E-state index is -1.62. The van der Waals surface area contributed by atoms with Crippen LogP contribution in [0, 0.1) is 19.7 Å². The van der Waals surface area contributed by atoms with Crippen molar-refractivity contribution in [3.63, 3.8) is 0 Å². The number of aliphatic hydroxyl groups excluding tert-OH is 1. The van der Waals surface area contributed by atoms with Crippen molar-refractivity contribution in [2.24, 2.45) is 0 Å². The lowest BCUT2D eigenvalue weighted by molar-refractivity contribution is -0.147. The van der Waals surface area contributed by atoms with E-state index in [9.17, 15) is 23.9 Å². The van der Waals surface area contributed by atoms with Crippen LogP contribution in [-0.2, 0) is 22.6 Å². The number of carbonyl (C=O) groups excluding carboxylic acids is 3. The van der Waals surface area contributed by atoms with Crippen LogP contribution in [0.5, 0.6) is 0 Å². The number of nitrogens with one attached hydrogen (secondary N) is 2. The number of nitrogens with zero attached hydrogens (tertiary/aromatic N) is 1. The molecule has 3 aromatic carbocycles. The van der Waals surface area contributed by atoms with Crippen LogP contribution in [0.4, 0.5) is 4.39 Å². The van der Waals surface area contributed by atoms with Gasteiger partial charge in [-0.1, -0.05) is 54.6 Å². The monoisotopic (exact) mass is 577 g/mol. The predicted octanol–water partition coefficient (Wildman–Crippen LogP) is 4.14. The Bertz CT molecular complexity index is 1420. The highest BCUT2D eigenvalue weighted by Crippen LogP contribution is 2.40. The zero-order valence-electron chi connectivity index (χ0n) is 23.7. The van der Waals surface area contributed by atoms with Gasteiger partial charge in [-0.25, -0.2) is 4.39 Å². The molecule has 41 heavy (non-hydrogen) atoms. The van der Waals surface area contributed by atoms with Crippen LogP contribution >= 0.6 is 11.8 Å². The molecule has 1 saturated heterocycles. The molecule has 3 N–H and O–H groups in total. The average Bonchev–Trinajstić information content (AvgIpc) is 3.26. The largest absolute Gasteiger partial charge is 0.381 e. The van der Waals surface area contributed by atoms with Crippen molar-refractivity contribution in [1.29, 1.82) is 0 Å². The summed E-state index contributed by atoms with van der Waals surface area (Å²) in [5.74, 6) is -1.73. The maximum absolute atomic E-state index is 13.8. The molecule has 3 atom stereocenters. The van der Waals surface area contributed by atoms with Crippen LogP contribution in [0.25, 0.3) is 0 Å². The smallest absolute Gasteiger partial charge is 0.254 e. The van der Waals surface area contributed by atoms with E-state index in [2.05, 4.69) is 10.6 Å². The predicted molar refractivity (Wildman–Crippen MR) is 159 cm³/mol. The maximum Gasteiger partial charge on any atom is 0.254 e. The second-order valence-electron chi connectivity index (χ2n) is 10.9. The second kappa shape index (κ2) is 12.9. The summed E-state index contributed by atoms with van der Waals surface area (Å²) in [5, 5.41) is 17.2. The summed E-state index contributed by atoms with van der Waals surface area (Å²) in [6.45, 7) is 7.70. The molecule has 0 aliphatic carbocycles. The Morgan fingerprint density at radius 2 is 1.71 bits per heavy atom. The quantitative estimate of drug-likeness (QED) is 0.355. The first-order valence-corrected chi connectivity index (χ1v) is 14.5. The lowest BCUT2D eigenvalue weighted by Gasteiger charge is -2.33. The standard InChI is InChI=1S/C32H36FN3O4S/c1-20-10-8-9-13-23(20)18-34-30(39)28-32(3,4)41-19-36(28)31(40)27(37)26(17-22-11-6-5-7-12-22)35-29(38)25-15-14-24(33)16-21(25)2/h5-16,26-28,37H,17-19H2,1-4H3,(H,34,39)(H,35,38). The first-order valence-electron chi connectivity index (χ1n) is 13.5. The van der Waals surface area contributed by atoms with E-state index >= 15 is 0 Å². The molecule has 216 valence electrons. The number of hydrogen-bond donors (Lipinski definition) is 3. The number of aliphatic hydroxyl groups is 1. The zero-order valence-corrected chi connectivity index (χ0v) is 24.5. The van der Waals surface area contributed by atoms with Crippen LogP contribution < -0.4 is 10.6 Å². The third-order valence-electron chi connectivity index (χ3n) is 7.47. The molecule has 0 saturated carbocycles. The number of halogens is 1. The van der Waals surface area contributed by atoms with Crippen LogP contribution in [0.1, 0.15) is 46.5 Å². The number of benzene rings is 3. The fourth-order valence-electron chi connectivity index (χ4n) is 5.08. The fourth-order valence-corrected chi connectivity index (χ4v) is 6.22. The Labute approximate surface area is 244 Å². The number of amides is 3. The number of carbonyl (C=O) groups is 3. The first kappa shape index (κ1) is 30.3. The lowest BCUT2D eigenvalue weighted by Crippen LogP contribution is -2.58. The third-order valence-corrected chi connectivity index (χ3v) is 8.85. The molecule has 3 aromatic rings. The van der Waals surface area contributed by atoms with Gasteiger partial charge in [0.25, 0.3) is 11.8 Å². The molecule has 1 aliphatic heterocycles. The highest BCUT2D eigenvalue weighted by molar-refractivity contribution is 8.00. The fraction of sp³-hybridized carbons (Fsp3) is 0.344. The molecular formula is C32H36FN3O4S. The summed E-state index contributed by atoms with van der Waals surface area (Å²) in [6, 6.07) is 19.0. The van der Waals surface area contributed by atoms with Gasteiger partial charge in [0.1, 0.15) is 11.9 Å². The Balaban J connectivity index is 1.55. The van der Waals surface area contributed by atoms with Gasteiger partial charge in [0.15, 0.2) is 6.10 Å². The Morgan fingerprint density at radius 3 is 2.39 bits per heavy atom. The summed E-state index contributed by atoms with van der Waals surface area (Å²) in [4.78, 5) is 41.9.